The van der Waals surface area contributed by atoms with E-state index in [9.17, 15) is 21.6 Å². The lowest BCUT2D eigenvalue weighted by atomic mass is 9.99. The number of fused-ring (bicyclic) bond motifs is 1. The first-order valence-corrected chi connectivity index (χ1v) is 11.2. The van der Waals surface area contributed by atoms with Crippen LogP contribution in [-0.2, 0) is 15.6 Å². The smallest absolute Gasteiger partial charge is 0.249 e. The quantitative estimate of drug-likeness (QED) is 0.423. The van der Waals surface area contributed by atoms with Gasteiger partial charge >= 0.3 is 0 Å². The first-order valence-electron chi connectivity index (χ1n) is 8.71. The van der Waals surface area contributed by atoms with Gasteiger partial charge in [0.2, 0.25) is 0 Å². The van der Waals surface area contributed by atoms with Crippen LogP contribution in [0, 0.1) is 12.7 Å². The molecule has 2 aromatic carbocycles. The van der Waals surface area contributed by atoms with Crippen molar-refractivity contribution in [3.63, 3.8) is 0 Å². The summed E-state index contributed by atoms with van der Waals surface area (Å²) < 4.78 is 65.5. The molecule has 0 aliphatic heterocycles. The van der Waals surface area contributed by atoms with Crippen molar-refractivity contribution >= 4 is 32.1 Å². The van der Waals surface area contributed by atoms with E-state index < -0.39 is 27.6 Å². The van der Waals surface area contributed by atoms with Crippen LogP contribution in [0.1, 0.15) is 22.6 Å². The van der Waals surface area contributed by atoms with Gasteiger partial charge in [0, 0.05) is 22.5 Å². The Morgan fingerprint density at radius 2 is 1.90 bits per heavy atom. The van der Waals surface area contributed by atoms with Crippen LogP contribution in [-0.4, -0.2) is 23.4 Å². The number of aromatic nitrogens is 3. The summed E-state index contributed by atoms with van der Waals surface area (Å²) in [4.78, 5) is 12.4. The lowest BCUT2D eigenvalue weighted by Gasteiger charge is -2.12. The molecule has 2 heterocycles. The van der Waals surface area contributed by atoms with E-state index in [4.69, 9.17) is 0 Å². The monoisotopic (exact) mass is 449 g/mol. The van der Waals surface area contributed by atoms with Gasteiger partial charge in [-0.2, -0.15) is 0 Å². The molecule has 0 amide bonds. The molecule has 0 spiro atoms. The zero-order valence-electron chi connectivity index (χ0n) is 15.5. The third-order valence-electron chi connectivity index (χ3n) is 4.60. The molecule has 30 heavy (non-hydrogen) atoms. The van der Waals surface area contributed by atoms with E-state index in [0.717, 1.165) is 12.1 Å². The number of sulfone groups is 1. The van der Waals surface area contributed by atoms with Gasteiger partial charge in [0.15, 0.2) is 9.84 Å². The molecular formula is C20H14F3N3O2S2. The fourth-order valence-electron chi connectivity index (χ4n) is 3.14. The van der Waals surface area contributed by atoms with E-state index in [1.807, 2.05) is 0 Å². The fraction of sp³-hybridized carbons (Fsp3) is 0.150. The summed E-state index contributed by atoms with van der Waals surface area (Å²) in [6, 6.07) is 6.50. The Kier molecular flexibility index (Phi) is 5.29. The molecule has 10 heteroatoms. The molecular weight excluding hydrogens is 435 g/mol. The van der Waals surface area contributed by atoms with Crippen LogP contribution in [0.3, 0.4) is 0 Å². The highest BCUT2D eigenvalue weighted by atomic mass is 32.2. The van der Waals surface area contributed by atoms with Crippen LogP contribution >= 0.6 is 11.3 Å². The topological polar surface area (TPSA) is 72.8 Å². The number of thiazole rings is 1. The van der Waals surface area contributed by atoms with Gasteiger partial charge < -0.3 is 0 Å². The standard InChI is InChI=1S/C20H14F3N3O2S2/c1-11-6-15(20(22)23)16(21)8-14(11)19-13-3-2-12(7-17(13)25-10-26-19)30(27,28)9-18-24-4-5-29-18/h2-8,10,20H,9H2,1H3. The van der Waals surface area contributed by atoms with Gasteiger partial charge in [-0.15, -0.1) is 11.3 Å². The number of alkyl halides is 2. The van der Waals surface area contributed by atoms with Gasteiger partial charge in [-0.3, -0.25) is 0 Å². The van der Waals surface area contributed by atoms with Crippen LogP contribution in [0.15, 0.2) is 53.1 Å². The van der Waals surface area contributed by atoms with Crippen LogP contribution in [0.5, 0.6) is 0 Å². The summed E-state index contributed by atoms with van der Waals surface area (Å²) in [5.41, 5.74) is 0.763. The SMILES string of the molecule is Cc1cc(C(F)F)c(F)cc1-c1ncnc2cc(S(=O)(=O)Cc3nccs3)ccc12. The predicted molar refractivity (Wildman–Crippen MR) is 108 cm³/mol. The molecule has 0 atom stereocenters. The summed E-state index contributed by atoms with van der Waals surface area (Å²) in [5.74, 6) is -1.26. The molecule has 154 valence electrons. The number of nitrogens with zero attached hydrogens (tertiary/aromatic N) is 3. The van der Waals surface area contributed by atoms with Crippen LogP contribution in [0.4, 0.5) is 13.2 Å². The van der Waals surface area contributed by atoms with Crippen molar-refractivity contribution in [2.45, 2.75) is 24.0 Å². The van der Waals surface area contributed by atoms with Crippen LogP contribution < -0.4 is 0 Å². The van der Waals surface area contributed by atoms with Gasteiger partial charge in [0.25, 0.3) is 6.43 Å². The molecule has 0 unspecified atom stereocenters. The minimum atomic E-state index is -3.64. The van der Waals surface area contributed by atoms with E-state index in [1.54, 1.807) is 12.3 Å². The van der Waals surface area contributed by atoms with Crippen molar-refractivity contribution < 1.29 is 21.6 Å². The van der Waals surface area contributed by atoms with Crippen molar-refractivity contribution in [1.29, 1.82) is 0 Å². The molecule has 4 aromatic rings. The Morgan fingerprint density at radius 3 is 2.60 bits per heavy atom. The minimum Gasteiger partial charge on any atom is -0.249 e. The largest absolute Gasteiger partial charge is 0.266 e. The number of aryl methyl sites for hydroxylation is 1. The summed E-state index contributed by atoms with van der Waals surface area (Å²) >= 11 is 1.25. The van der Waals surface area contributed by atoms with E-state index >= 15 is 0 Å². The average Bonchev–Trinajstić information content (AvgIpc) is 3.20. The zero-order chi connectivity index (χ0) is 21.5. The number of hydrogen-bond acceptors (Lipinski definition) is 6. The third-order valence-corrected chi connectivity index (χ3v) is 7.19. The van der Waals surface area contributed by atoms with Crippen molar-refractivity contribution in [2.24, 2.45) is 0 Å². The molecule has 4 rings (SSSR count). The Bertz CT molecular complexity index is 1340. The number of benzene rings is 2. The normalized spacial score (nSPS) is 12.0. The Morgan fingerprint density at radius 1 is 1.10 bits per heavy atom. The maximum Gasteiger partial charge on any atom is 0.266 e. The molecule has 0 saturated heterocycles. The maximum atomic E-state index is 14.2. The van der Waals surface area contributed by atoms with Crippen LogP contribution in [0.25, 0.3) is 22.2 Å². The molecule has 0 bridgehead atoms. The van der Waals surface area contributed by atoms with Crippen molar-refractivity contribution in [3.8, 4) is 11.3 Å². The zero-order valence-corrected chi connectivity index (χ0v) is 17.1. The van der Waals surface area contributed by atoms with Crippen LogP contribution in [0.2, 0.25) is 0 Å². The van der Waals surface area contributed by atoms with Gasteiger partial charge in [-0.1, -0.05) is 0 Å². The lowest BCUT2D eigenvalue weighted by Crippen LogP contribution is -2.05. The maximum absolute atomic E-state index is 14.2. The highest BCUT2D eigenvalue weighted by Crippen LogP contribution is 2.33. The molecule has 2 aromatic heterocycles. The fourth-order valence-corrected chi connectivity index (χ4v) is 5.41. The Balaban J connectivity index is 1.80. The summed E-state index contributed by atoms with van der Waals surface area (Å²) in [5, 5.41) is 2.66. The minimum absolute atomic E-state index is 0.0748. The second kappa shape index (κ2) is 7.77. The first kappa shape index (κ1) is 20.4. The van der Waals surface area contributed by atoms with Gasteiger partial charge in [0.1, 0.15) is 22.9 Å². The molecule has 0 N–H and O–H groups in total. The highest BCUT2D eigenvalue weighted by Gasteiger charge is 2.20. The molecule has 5 nitrogen and oxygen atoms in total. The third kappa shape index (κ3) is 3.80. The molecule has 0 saturated carbocycles. The molecule has 0 fully saturated rings. The number of halogens is 3. The van der Waals surface area contributed by atoms with E-state index in [-0.39, 0.29) is 10.6 Å². The Labute approximate surface area is 174 Å². The second-order valence-electron chi connectivity index (χ2n) is 6.58. The van der Waals surface area contributed by atoms with Crippen molar-refractivity contribution in [2.75, 3.05) is 0 Å². The average molecular weight is 449 g/mol. The molecule has 0 aliphatic rings. The number of rotatable bonds is 5. The number of hydrogen-bond donors (Lipinski definition) is 0. The molecule has 0 aliphatic carbocycles. The highest BCUT2D eigenvalue weighted by molar-refractivity contribution is 7.90. The predicted octanol–water partition coefficient (Wildman–Crippen LogP) is 5.11. The summed E-state index contributed by atoms with van der Waals surface area (Å²) in [6.45, 7) is 1.58. The summed E-state index contributed by atoms with van der Waals surface area (Å²) in [7, 11) is -3.64. The second-order valence-corrected chi connectivity index (χ2v) is 9.54. The van der Waals surface area contributed by atoms with E-state index in [0.29, 0.717) is 32.7 Å². The van der Waals surface area contributed by atoms with E-state index in [2.05, 4.69) is 15.0 Å². The molecule has 0 radical (unpaired) electrons. The summed E-state index contributed by atoms with van der Waals surface area (Å²) in [6.07, 6.45) is -0.158. The Hall–Kier alpha value is -2.85. The van der Waals surface area contributed by atoms with Gasteiger partial charge in [-0.25, -0.2) is 36.5 Å². The van der Waals surface area contributed by atoms with Gasteiger partial charge in [-0.05, 0) is 42.8 Å². The van der Waals surface area contributed by atoms with Gasteiger partial charge in [0.05, 0.1) is 21.7 Å². The lowest BCUT2D eigenvalue weighted by molar-refractivity contribution is 0.146. The van der Waals surface area contributed by atoms with E-state index in [1.165, 1.54) is 42.1 Å². The van der Waals surface area contributed by atoms with Crippen molar-refractivity contribution in [3.05, 3.63) is 70.2 Å². The van der Waals surface area contributed by atoms with Crippen molar-refractivity contribution in [1.82, 2.24) is 15.0 Å². The first-order chi connectivity index (χ1) is 14.3.